The van der Waals surface area contributed by atoms with Gasteiger partial charge in [-0.2, -0.15) is 13.2 Å². The zero-order valence-corrected chi connectivity index (χ0v) is 19.5. The predicted molar refractivity (Wildman–Crippen MR) is 128 cm³/mol. The van der Waals surface area contributed by atoms with Gasteiger partial charge in [0.2, 0.25) is 0 Å². The first kappa shape index (κ1) is 25.1. The molecule has 0 radical (unpaired) electrons. The van der Waals surface area contributed by atoms with Gasteiger partial charge in [-0.05, 0) is 74.6 Å². The van der Waals surface area contributed by atoms with Crippen LogP contribution in [0.3, 0.4) is 0 Å². The van der Waals surface area contributed by atoms with Crippen LogP contribution in [0.4, 0.5) is 18.9 Å². The van der Waals surface area contributed by atoms with Crippen LogP contribution in [0.15, 0.2) is 47.3 Å². The van der Waals surface area contributed by atoms with E-state index in [9.17, 15) is 18.0 Å². The van der Waals surface area contributed by atoms with E-state index in [0.29, 0.717) is 11.6 Å². The summed E-state index contributed by atoms with van der Waals surface area (Å²) in [5.74, 6) is 0.365. The van der Waals surface area contributed by atoms with E-state index in [0.717, 1.165) is 81.2 Å². The number of hydrogen-bond donors (Lipinski definition) is 2. The van der Waals surface area contributed by atoms with Crippen LogP contribution in [0.2, 0.25) is 0 Å². The highest BCUT2D eigenvalue weighted by atomic mass is 19.4. The number of rotatable bonds is 10. The van der Waals surface area contributed by atoms with Crippen LogP contribution in [0.1, 0.15) is 62.8 Å². The maximum absolute atomic E-state index is 13.0. The summed E-state index contributed by atoms with van der Waals surface area (Å²) < 4.78 is 39.1. The molecular formula is C26H34F3N3O. The fraction of sp³-hybridized carbons (Fsp3) is 0.500. The number of H-pyrrole nitrogens is 1. The molecule has 7 heteroatoms. The highest BCUT2D eigenvalue weighted by molar-refractivity contribution is 5.78. The van der Waals surface area contributed by atoms with Gasteiger partial charge in [-0.25, -0.2) is 0 Å². The molecule has 0 spiro atoms. The lowest BCUT2D eigenvalue weighted by atomic mass is 9.95. The van der Waals surface area contributed by atoms with E-state index in [2.05, 4.69) is 35.1 Å². The SMILES string of the molecule is CCN(CC)CCCNc1ccc(/C(=C\C2CCCC2)c2ccc(C(F)(F)F)c(=O)[nH]2)cc1. The van der Waals surface area contributed by atoms with Crippen molar-refractivity contribution < 1.29 is 13.2 Å². The molecular weight excluding hydrogens is 427 g/mol. The number of aromatic nitrogens is 1. The largest absolute Gasteiger partial charge is 0.421 e. The molecule has 1 fully saturated rings. The second kappa shape index (κ2) is 11.5. The summed E-state index contributed by atoms with van der Waals surface area (Å²) in [6, 6.07) is 10.1. The molecule has 0 saturated heterocycles. The Labute approximate surface area is 193 Å². The van der Waals surface area contributed by atoms with Gasteiger partial charge in [0.25, 0.3) is 5.56 Å². The molecule has 2 aromatic rings. The Bertz CT molecular complexity index is 970. The molecule has 1 aliphatic carbocycles. The Balaban J connectivity index is 1.78. The minimum absolute atomic E-state index is 0.365. The van der Waals surface area contributed by atoms with Gasteiger partial charge in [-0.15, -0.1) is 0 Å². The van der Waals surface area contributed by atoms with Crippen molar-refractivity contribution in [2.75, 3.05) is 31.5 Å². The molecule has 33 heavy (non-hydrogen) atoms. The molecule has 1 aromatic carbocycles. The highest BCUT2D eigenvalue weighted by Gasteiger charge is 2.34. The lowest BCUT2D eigenvalue weighted by Gasteiger charge is -2.18. The zero-order chi connectivity index (χ0) is 23.8. The van der Waals surface area contributed by atoms with Crippen LogP contribution in [-0.4, -0.2) is 36.1 Å². The van der Waals surface area contributed by atoms with Crippen LogP contribution in [0.5, 0.6) is 0 Å². The topological polar surface area (TPSA) is 48.1 Å². The molecule has 3 rings (SSSR count). The van der Waals surface area contributed by atoms with Gasteiger partial charge in [0.15, 0.2) is 0 Å². The van der Waals surface area contributed by atoms with Crippen molar-refractivity contribution in [3.8, 4) is 0 Å². The molecule has 1 aromatic heterocycles. The minimum atomic E-state index is -4.67. The molecule has 1 heterocycles. The third-order valence-corrected chi connectivity index (χ3v) is 6.38. The van der Waals surface area contributed by atoms with Crippen molar-refractivity contribution in [1.29, 1.82) is 0 Å². The summed E-state index contributed by atoms with van der Waals surface area (Å²) in [5.41, 5.74) is 0.797. The van der Waals surface area contributed by atoms with Gasteiger partial charge in [-0.3, -0.25) is 4.79 Å². The van der Waals surface area contributed by atoms with Gasteiger partial charge in [0.1, 0.15) is 5.56 Å². The third-order valence-electron chi connectivity index (χ3n) is 6.38. The number of benzene rings is 1. The van der Waals surface area contributed by atoms with Gasteiger partial charge in [0, 0.05) is 23.5 Å². The fourth-order valence-electron chi connectivity index (χ4n) is 4.40. The van der Waals surface area contributed by atoms with Crippen molar-refractivity contribution in [3.63, 3.8) is 0 Å². The van der Waals surface area contributed by atoms with Crippen LogP contribution < -0.4 is 10.9 Å². The second-order valence-corrected chi connectivity index (χ2v) is 8.62. The Morgan fingerprint density at radius 3 is 2.33 bits per heavy atom. The minimum Gasteiger partial charge on any atom is -0.385 e. The average Bonchev–Trinajstić information content (AvgIpc) is 3.30. The first-order valence-corrected chi connectivity index (χ1v) is 11.9. The van der Waals surface area contributed by atoms with E-state index in [-0.39, 0.29) is 0 Å². The van der Waals surface area contributed by atoms with Gasteiger partial charge in [-0.1, -0.05) is 44.9 Å². The average molecular weight is 462 g/mol. The normalized spacial score (nSPS) is 15.4. The Morgan fingerprint density at radius 1 is 1.09 bits per heavy atom. The molecule has 0 amide bonds. The maximum Gasteiger partial charge on any atom is 0.421 e. The molecule has 0 aliphatic heterocycles. The van der Waals surface area contributed by atoms with Crippen molar-refractivity contribution >= 4 is 11.3 Å². The summed E-state index contributed by atoms with van der Waals surface area (Å²) in [4.78, 5) is 17.0. The van der Waals surface area contributed by atoms with E-state index in [1.165, 1.54) is 6.07 Å². The number of nitrogens with one attached hydrogen (secondary N) is 2. The van der Waals surface area contributed by atoms with E-state index >= 15 is 0 Å². The van der Waals surface area contributed by atoms with Crippen molar-refractivity contribution in [3.05, 3.63) is 69.6 Å². The summed E-state index contributed by atoms with van der Waals surface area (Å²) >= 11 is 0. The number of pyridine rings is 1. The number of hydrogen-bond acceptors (Lipinski definition) is 3. The van der Waals surface area contributed by atoms with Crippen LogP contribution in [0, 0.1) is 5.92 Å². The number of anilines is 1. The second-order valence-electron chi connectivity index (χ2n) is 8.62. The number of allylic oxidation sites excluding steroid dienone is 1. The Kier molecular flexibility index (Phi) is 8.78. The Morgan fingerprint density at radius 2 is 1.76 bits per heavy atom. The van der Waals surface area contributed by atoms with E-state index in [4.69, 9.17) is 0 Å². The highest BCUT2D eigenvalue weighted by Crippen LogP contribution is 2.33. The summed E-state index contributed by atoms with van der Waals surface area (Å²) in [6.07, 6.45) is 2.89. The van der Waals surface area contributed by atoms with E-state index < -0.39 is 17.3 Å². The molecule has 4 nitrogen and oxygen atoms in total. The number of aromatic amines is 1. The molecule has 0 unspecified atom stereocenters. The lowest BCUT2D eigenvalue weighted by Crippen LogP contribution is -2.25. The van der Waals surface area contributed by atoms with Crippen LogP contribution in [0.25, 0.3) is 5.57 Å². The Hall–Kier alpha value is -2.54. The first-order valence-electron chi connectivity index (χ1n) is 11.9. The first-order chi connectivity index (χ1) is 15.8. The van der Waals surface area contributed by atoms with E-state index in [1.807, 2.05) is 24.3 Å². The van der Waals surface area contributed by atoms with Gasteiger partial charge < -0.3 is 15.2 Å². The van der Waals surface area contributed by atoms with Crippen molar-refractivity contribution in [1.82, 2.24) is 9.88 Å². The van der Waals surface area contributed by atoms with E-state index in [1.54, 1.807) is 0 Å². The van der Waals surface area contributed by atoms with Crippen molar-refractivity contribution in [2.24, 2.45) is 5.92 Å². The summed E-state index contributed by atoms with van der Waals surface area (Å²) in [5, 5.41) is 3.43. The van der Waals surface area contributed by atoms with Crippen LogP contribution >= 0.6 is 0 Å². The summed E-state index contributed by atoms with van der Waals surface area (Å²) in [6.45, 7) is 8.34. The number of alkyl halides is 3. The molecule has 1 aliphatic rings. The molecule has 2 N–H and O–H groups in total. The monoisotopic (exact) mass is 461 g/mol. The lowest BCUT2D eigenvalue weighted by molar-refractivity contribution is -0.138. The number of nitrogens with zero attached hydrogens (tertiary/aromatic N) is 1. The molecule has 0 atom stereocenters. The fourth-order valence-corrected chi connectivity index (χ4v) is 4.40. The van der Waals surface area contributed by atoms with Crippen molar-refractivity contribution in [2.45, 2.75) is 52.1 Å². The van der Waals surface area contributed by atoms with Gasteiger partial charge in [0.05, 0.1) is 0 Å². The summed E-state index contributed by atoms with van der Waals surface area (Å²) in [7, 11) is 0. The maximum atomic E-state index is 13.0. The van der Waals surface area contributed by atoms with Crippen LogP contribution in [-0.2, 0) is 6.18 Å². The molecule has 0 bridgehead atoms. The zero-order valence-electron chi connectivity index (χ0n) is 19.5. The standard InChI is InChI=1S/C26H34F3N3O/c1-3-32(4-2)17-7-16-30-21-12-10-20(11-13-21)22(18-19-8-5-6-9-19)24-15-14-23(25(33)31-24)26(27,28)29/h10-15,18-19,30H,3-9,16-17H2,1-2H3,(H,31,33)/b22-18+. The third kappa shape index (κ3) is 6.97. The molecule has 1 saturated carbocycles. The quantitative estimate of drug-likeness (QED) is 0.417. The predicted octanol–water partition coefficient (Wildman–Crippen LogP) is 6.16. The smallest absolute Gasteiger partial charge is 0.385 e. The van der Waals surface area contributed by atoms with Gasteiger partial charge >= 0.3 is 6.18 Å². The molecule has 180 valence electrons. The number of halogens is 3.